The molecule has 0 radical (unpaired) electrons. The van der Waals surface area contributed by atoms with E-state index in [1.165, 1.54) is 29.7 Å². The number of rotatable bonds is 7. The van der Waals surface area contributed by atoms with Crippen LogP contribution in [0.3, 0.4) is 0 Å². The van der Waals surface area contributed by atoms with E-state index in [2.05, 4.69) is 10.3 Å². The van der Waals surface area contributed by atoms with Crippen LogP contribution in [0.15, 0.2) is 71.9 Å². The quantitative estimate of drug-likeness (QED) is 0.380. The topological polar surface area (TPSA) is 143 Å². The van der Waals surface area contributed by atoms with Gasteiger partial charge in [0.1, 0.15) is 12.1 Å². The number of pyridine rings is 1. The zero-order valence-electron chi connectivity index (χ0n) is 21.2. The van der Waals surface area contributed by atoms with Crippen molar-refractivity contribution in [1.29, 1.82) is 0 Å². The summed E-state index contributed by atoms with van der Waals surface area (Å²) in [5.41, 5.74) is 6.10. The van der Waals surface area contributed by atoms with E-state index in [1.54, 1.807) is 24.3 Å². The Morgan fingerprint density at radius 1 is 1.21 bits per heavy atom. The first kappa shape index (κ1) is 27.9. The van der Waals surface area contributed by atoms with Gasteiger partial charge < -0.3 is 21.1 Å². The lowest BCUT2D eigenvalue weighted by atomic mass is 10.0. The van der Waals surface area contributed by atoms with Gasteiger partial charge in [0, 0.05) is 17.4 Å². The molecule has 0 aliphatic carbocycles. The maximum Gasteiger partial charge on any atom is 0.262 e. The number of hydrogen-bond acceptors (Lipinski definition) is 8. The number of carbonyl (C=O) groups is 2. The van der Waals surface area contributed by atoms with Crippen LogP contribution in [0, 0.1) is 5.92 Å². The first-order valence-electron chi connectivity index (χ1n) is 12.4. The zero-order valence-corrected chi connectivity index (χ0v) is 22.9. The van der Waals surface area contributed by atoms with Crippen LogP contribution in [0.5, 0.6) is 0 Å². The van der Waals surface area contributed by atoms with Crippen LogP contribution in [0.2, 0.25) is 0 Å². The van der Waals surface area contributed by atoms with Crippen molar-refractivity contribution in [3.8, 4) is 0 Å². The van der Waals surface area contributed by atoms with Gasteiger partial charge in [-0.2, -0.15) is 0 Å². The number of aliphatic hydroxyl groups is 1. The number of hydrogen-bond donors (Lipinski definition) is 3. The molecular formula is C27H32N4O5S2. The van der Waals surface area contributed by atoms with E-state index in [-0.39, 0.29) is 23.9 Å². The van der Waals surface area contributed by atoms with E-state index in [9.17, 15) is 23.1 Å². The summed E-state index contributed by atoms with van der Waals surface area (Å²) < 4.78 is 28.4. The van der Waals surface area contributed by atoms with Gasteiger partial charge in [-0.1, -0.05) is 50.3 Å². The lowest BCUT2D eigenvalue weighted by Crippen LogP contribution is -2.61. The van der Waals surface area contributed by atoms with Gasteiger partial charge in [0.25, 0.3) is 5.91 Å². The van der Waals surface area contributed by atoms with Crippen molar-refractivity contribution in [3.05, 3.63) is 71.8 Å². The number of thiophene rings is 1. The average Bonchev–Trinajstić information content (AvgIpc) is 3.33. The summed E-state index contributed by atoms with van der Waals surface area (Å²) in [6, 6.07) is 11.7. The van der Waals surface area contributed by atoms with Crippen LogP contribution in [0.1, 0.15) is 36.4 Å². The maximum absolute atomic E-state index is 14.0. The average molecular weight is 557 g/mol. The largest absolute Gasteiger partial charge is 0.388 e. The van der Waals surface area contributed by atoms with Crippen molar-refractivity contribution < 1.29 is 23.1 Å². The number of sulfone groups is 1. The fraction of sp³-hybridized carbons (Fsp3) is 0.370. The molecular weight excluding hydrogens is 524 g/mol. The molecule has 2 aromatic heterocycles. The van der Waals surface area contributed by atoms with Crippen molar-refractivity contribution in [1.82, 2.24) is 15.2 Å². The number of nitrogens with two attached hydrogens (primary N) is 1. The van der Waals surface area contributed by atoms with E-state index in [4.69, 9.17) is 5.73 Å². The smallest absolute Gasteiger partial charge is 0.262 e. The Balaban J connectivity index is 1.70. The van der Waals surface area contributed by atoms with Crippen LogP contribution < -0.4 is 11.1 Å². The standard InChI is InChI=1S/C27H32N4O5S2/c1-17(2)15-20(30-25(33)22-16-18-9-3-4-11-21(18)37-22)26(34)31-14-8-6-10-19(28)24(32)27(31)38(35,36)23-12-5-7-13-29-23/h3-7,9-13,16-17,19-20,24,27,32H,8,14-15,28H2,1-2H3,(H,30,33)/b10-6-/t19?,20-,24?,27?/m0/s1. The SMILES string of the molecule is CC(C)C[C@H](NC(=O)c1cc2ccccc2s1)C(=O)N1CC/C=C\C(N)C(O)C1S(=O)(=O)c1ccccn1. The third-order valence-electron chi connectivity index (χ3n) is 6.38. The van der Waals surface area contributed by atoms with Gasteiger partial charge >= 0.3 is 0 Å². The normalized spacial score (nSPS) is 22.0. The molecule has 9 nitrogen and oxygen atoms in total. The summed E-state index contributed by atoms with van der Waals surface area (Å²) in [7, 11) is -4.32. The molecule has 4 atom stereocenters. The molecule has 11 heteroatoms. The zero-order chi connectivity index (χ0) is 27.4. The molecule has 202 valence electrons. The molecule has 0 saturated heterocycles. The summed E-state index contributed by atoms with van der Waals surface area (Å²) in [6.07, 6.45) is 3.59. The van der Waals surface area contributed by atoms with Gasteiger partial charge in [0.05, 0.1) is 10.9 Å². The molecule has 0 fully saturated rings. The first-order valence-corrected chi connectivity index (χ1v) is 14.8. The molecule has 2 amide bonds. The van der Waals surface area contributed by atoms with Gasteiger partial charge in [-0.3, -0.25) is 9.59 Å². The molecule has 4 rings (SSSR count). The van der Waals surface area contributed by atoms with Crippen molar-refractivity contribution >= 4 is 43.1 Å². The van der Waals surface area contributed by atoms with Crippen LogP contribution in [-0.2, 0) is 14.6 Å². The van der Waals surface area contributed by atoms with Crippen molar-refractivity contribution in [2.45, 2.75) is 55.3 Å². The molecule has 1 aliphatic rings. The second kappa shape index (κ2) is 11.7. The van der Waals surface area contributed by atoms with Gasteiger partial charge in [-0.25, -0.2) is 13.4 Å². The van der Waals surface area contributed by atoms with Crippen LogP contribution in [0.25, 0.3) is 10.1 Å². The fourth-order valence-corrected chi connectivity index (χ4v) is 7.31. The molecule has 0 saturated carbocycles. The number of benzene rings is 1. The molecule has 38 heavy (non-hydrogen) atoms. The highest BCUT2D eigenvalue weighted by molar-refractivity contribution is 7.92. The summed E-state index contributed by atoms with van der Waals surface area (Å²) in [5.74, 6) is -1.00. The Kier molecular flexibility index (Phi) is 8.61. The van der Waals surface area contributed by atoms with Gasteiger partial charge in [-0.15, -0.1) is 11.3 Å². The summed E-state index contributed by atoms with van der Waals surface area (Å²) in [5, 5.41) is 12.9. The third kappa shape index (κ3) is 5.96. The maximum atomic E-state index is 14.0. The Morgan fingerprint density at radius 3 is 2.63 bits per heavy atom. The third-order valence-corrected chi connectivity index (χ3v) is 9.49. The number of nitrogens with one attached hydrogen (secondary N) is 1. The highest BCUT2D eigenvalue weighted by atomic mass is 32.2. The summed E-state index contributed by atoms with van der Waals surface area (Å²) >= 11 is 1.32. The molecule has 1 aliphatic heterocycles. The molecule has 0 spiro atoms. The number of amides is 2. The van der Waals surface area contributed by atoms with Crippen LogP contribution >= 0.6 is 11.3 Å². The molecule has 3 aromatic rings. The van der Waals surface area contributed by atoms with E-state index in [0.29, 0.717) is 11.3 Å². The van der Waals surface area contributed by atoms with Crippen LogP contribution in [-0.4, -0.2) is 65.3 Å². The summed E-state index contributed by atoms with van der Waals surface area (Å²) in [6.45, 7) is 3.84. The van der Waals surface area contributed by atoms with E-state index in [0.717, 1.165) is 15.0 Å². The second-order valence-electron chi connectivity index (χ2n) is 9.72. The number of fused-ring (bicyclic) bond motifs is 1. The van der Waals surface area contributed by atoms with Crippen molar-refractivity contribution in [2.75, 3.05) is 6.54 Å². The Labute approximate surface area is 226 Å². The first-order chi connectivity index (χ1) is 18.1. The highest BCUT2D eigenvalue weighted by Gasteiger charge is 2.45. The summed E-state index contributed by atoms with van der Waals surface area (Å²) in [4.78, 5) is 32.8. The number of carbonyl (C=O) groups excluding carboxylic acids is 2. The molecule has 3 unspecified atom stereocenters. The Hall–Kier alpha value is -3.12. The van der Waals surface area contributed by atoms with Gasteiger partial charge in [0.2, 0.25) is 15.7 Å². The van der Waals surface area contributed by atoms with E-state index < -0.39 is 45.2 Å². The Bertz CT molecular complexity index is 1390. The predicted molar refractivity (Wildman–Crippen MR) is 147 cm³/mol. The predicted octanol–water partition coefficient (Wildman–Crippen LogP) is 2.72. The van der Waals surface area contributed by atoms with E-state index >= 15 is 0 Å². The highest BCUT2D eigenvalue weighted by Crippen LogP contribution is 2.27. The van der Waals surface area contributed by atoms with Crippen LogP contribution in [0.4, 0.5) is 0 Å². The lowest BCUT2D eigenvalue weighted by Gasteiger charge is -2.38. The van der Waals surface area contributed by atoms with Gasteiger partial charge in [0.15, 0.2) is 10.4 Å². The molecule has 1 aromatic carbocycles. The van der Waals surface area contributed by atoms with E-state index in [1.807, 2.05) is 38.1 Å². The molecule has 4 N–H and O–H groups in total. The lowest BCUT2D eigenvalue weighted by molar-refractivity contribution is -0.136. The number of nitrogens with zero attached hydrogens (tertiary/aromatic N) is 2. The minimum atomic E-state index is -4.32. The van der Waals surface area contributed by atoms with Crippen molar-refractivity contribution in [3.63, 3.8) is 0 Å². The molecule has 3 heterocycles. The minimum Gasteiger partial charge on any atom is -0.388 e. The number of aliphatic hydroxyl groups excluding tert-OH is 1. The Morgan fingerprint density at radius 2 is 1.95 bits per heavy atom. The second-order valence-corrected chi connectivity index (χ2v) is 12.8. The number of aromatic nitrogens is 1. The molecule has 0 bridgehead atoms. The minimum absolute atomic E-state index is 0.0133. The monoisotopic (exact) mass is 556 g/mol. The van der Waals surface area contributed by atoms with Gasteiger partial charge in [-0.05, 0) is 48.4 Å². The van der Waals surface area contributed by atoms with Crippen molar-refractivity contribution in [2.24, 2.45) is 11.7 Å². The fourth-order valence-electron chi connectivity index (χ4n) is 4.52.